The van der Waals surface area contributed by atoms with Crippen molar-refractivity contribution in [3.8, 4) is 5.69 Å². The zero-order valence-electron chi connectivity index (χ0n) is 17.3. The summed E-state index contributed by atoms with van der Waals surface area (Å²) in [5.41, 5.74) is -1.09. The largest absolute Gasteiger partial charge is 0.440 e. The quantitative estimate of drug-likeness (QED) is 0.409. The molecule has 2 aromatic carbocycles. The summed E-state index contributed by atoms with van der Waals surface area (Å²) in [6.45, 7) is 5.79. The summed E-state index contributed by atoms with van der Waals surface area (Å²) in [5, 5.41) is 6.16. The minimum absolute atomic E-state index is 0.0310. The molecule has 0 atom stereocenters. The van der Waals surface area contributed by atoms with Crippen LogP contribution in [0.3, 0.4) is 0 Å². The van der Waals surface area contributed by atoms with Crippen LogP contribution in [0.15, 0.2) is 53.1 Å². The molecule has 10 heteroatoms. The van der Waals surface area contributed by atoms with Gasteiger partial charge in [-0.3, -0.25) is 4.79 Å². The lowest BCUT2D eigenvalue weighted by molar-refractivity contribution is -0.143. The van der Waals surface area contributed by atoms with Crippen molar-refractivity contribution >= 4 is 22.7 Å². The molecule has 4 rings (SSSR count). The molecule has 0 unspecified atom stereocenters. The molecular formula is C22H18F4N4O2. The van der Waals surface area contributed by atoms with Gasteiger partial charge in [-0.1, -0.05) is 20.8 Å². The van der Waals surface area contributed by atoms with Crippen LogP contribution in [0.5, 0.6) is 0 Å². The third-order valence-corrected chi connectivity index (χ3v) is 4.64. The van der Waals surface area contributed by atoms with E-state index in [0.717, 1.165) is 30.5 Å². The van der Waals surface area contributed by atoms with E-state index in [1.807, 2.05) is 20.8 Å². The van der Waals surface area contributed by atoms with E-state index in [4.69, 9.17) is 4.42 Å². The number of oxazole rings is 1. The number of carbonyl (C=O) groups is 1. The monoisotopic (exact) mass is 446 g/mol. The van der Waals surface area contributed by atoms with Crippen LogP contribution in [0.2, 0.25) is 0 Å². The maximum absolute atomic E-state index is 13.8. The minimum Gasteiger partial charge on any atom is -0.440 e. The lowest BCUT2D eigenvalue weighted by Gasteiger charge is -2.13. The van der Waals surface area contributed by atoms with Gasteiger partial charge in [0.2, 0.25) is 5.89 Å². The molecule has 2 aromatic heterocycles. The summed E-state index contributed by atoms with van der Waals surface area (Å²) in [5.74, 6) is -1.11. The summed E-state index contributed by atoms with van der Waals surface area (Å²) in [7, 11) is 0. The molecule has 0 aliphatic rings. The van der Waals surface area contributed by atoms with Gasteiger partial charge in [0, 0.05) is 11.1 Å². The molecule has 0 aliphatic heterocycles. The molecule has 0 saturated heterocycles. The molecule has 0 aliphatic carbocycles. The van der Waals surface area contributed by atoms with Gasteiger partial charge >= 0.3 is 6.18 Å². The smallest absolute Gasteiger partial charge is 0.434 e. The highest BCUT2D eigenvalue weighted by atomic mass is 19.4. The summed E-state index contributed by atoms with van der Waals surface area (Å²) in [6, 6.07) is 8.92. The minimum atomic E-state index is -4.88. The molecule has 166 valence electrons. The fourth-order valence-corrected chi connectivity index (χ4v) is 3.09. The lowest BCUT2D eigenvalue weighted by atomic mass is 9.97. The van der Waals surface area contributed by atoms with E-state index in [2.05, 4.69) is 15.4 Å². The molecule has 32 heavy (non-hydrogen) atoms. The Labute approximate surface area is 179 Å². The van der Waals surface area contributed by atoms with E-state index in [0.29, 0.717) is 21.7 Å². The number of anilines is 1. The van der Waals surface area contributed by atoms with Gasteiger partial charge in [-0.15, -0.1) is 0 Å². The Kier molecular flexibility index (Phi) is 5.03. The number of rotatable bonds is 3. The average molecular weight is 446 g/mol. The van der Waals surface area contributed by atoms with E-state index in [1.165, 1.54) is 12.1 Å². The molecule has 2 heterocycles. The number of alkyl halides is 3. The Bertz CT molecular complexity index is 1300. The first kappa shape index (κ1) is 21.5. The van der Waals surface area contributed by atoms with Crippen molar-refractivity contribution in [1.82, 2.24) is 14.8 Å². The predicted octanol–water partition coefficient (Wildman–Crippen LogP) is 5.72. The summed E-state index contributed by atoms with van der Waals surface area (Å²) < 4.78 is 60.8. The number of carbonyl (C=O) groups excluding carboxylic acids is 1. The van der Waals surface area contributed by atoms with E-state index in [9.17, 15) is 22.4 Å². The highest BCUT2D eigenvalue weighted by Gasteiger charge is 2.40. The first-order valence-electron chi connectivity index (χ1n) is 9.57. The lowest BCUT2D eigenvalue weighted by Crippen LogP contribution is -2.20. The third-order valence-electron chi connectivity index (χ3n) is 4.64. The number of benzene rings is 2. The zero-order chi connectivity index (χ0) is 23.3. The van der Waals surface area contributed by atoms with Crippen LogP contribution < -0.4 is 5.32 Å². The number of nitrogens with zero attached hydrogens (tertiary/aromatic N) is 3. The number of hydrogen-bond acceptors (Lipinski definition) is 4. The summed E-state index contributed by atoms with van der Waals surface area (Å²) in [6.07, 6.45) is -4.05. The van der Waals surface area contributed by atoms with Crippen LogP contribution in [-0.4, -0.2) is 20.7 Å². The van der Waals surface area contributed by atoms with Gasteiger partial charge < -0.3 is 9.73 Å². The summed E-state index contributed by atoms with van der Waals surface area (Å²) >= 11 is 0. The molecule has 6 nitrogen and oxygen atoms in total. The molecule has 1 N–H and O–H groups in total. The first-order valence-corrected chi connectivity index (χ1v) is 9.57. The SMILES string of the molecule is CC(C)(C)c1nc2cc(NC(=O)c3cnn(-c4ccc(F)cc4)c3C(F)(F)F)ccc2o1. The van der Waals surface area contributed by atoms with E-state index in [-0.39, 0.29) is 16.8 Å². The van der Waals surface area contributed by atoms with E-state index < -0.39 is 29.2 Å². The second-order valence-electron chi connectivity index (χ2n) is 8.20. The number of fused-ring (bicyclic) bond motifs is 1. The Balaban J connectivity index is 1.68. The number of aromatic nitrogens is 3. The van der Waals surface area contributed by atoms with Crippen molar-refractivity contribution < 1.29 is 26.8 Å². The third kappa shape index (κ3) is 4.08. The Morgan fingerprint density at radius 2 is 1.75 bits per heavy atom. The van der Waals surface area contributed by atoms with E-state index in [1.54, 1.807) is 6.07 Å². The van der Waals surface area contributed by atoms with Crippen LogP contribution in [0.25, 0.3) is 16.8 Å². The van der Waals surface area contributed by atoms with Crippen LogP contribution in [0, 0.1) is 5.82 Å². The van der Waals surface area contributed by atoms with Gasteiger partial charge in [-0.05, 0) is 42.5 Å². The Morgan fingerprint density at radius 1 is 1.06 bits per heavy atom. The molecule has 0 spiro atoms. The number of nitrogens with one attached hydrogen (secondary N) is 1. The fraction of sp³-hybridized carbons (Fsp3) is 0.227. The van der Waals surface area contributed by atoms with Gasteiger partial charge in [-0.25, -0.2) is 14.1 Å². The topological polar surface area (TPSA) is 73.0 Å². The van der Waals surface area contributed by atoms with Gasteiger partial charge in [-0.2, -0.15) is 18.3 Å². The molecule has 4 aromatic rings. The Hall–Kier alpha value is -3.69. The van der Waals surface area contributed by atoms with Gasteiger partial charge in [0.15, 0.2) is 11.3 Å². The van der Waals surface area contributed by atoms with Gasteiger partial charge in [0.25, 0.3) is 5.91 Å². The van der Waals surface area contributed by atoms with Crippen molar-refractivity contribution in [1.29, 1.82) is 0 Å². The zero-order valence-corrected chi connectivity index (χ0v) is 17.3. The predicted molar refractivity (Wildman–Crippen MR) is 109 cm³/mol. The molecular weight excluding hydrogens is 428 g/mol. The molecule has 0 saturated carbocycles. The second kappa shape index (κ2) is 7.47. The number of halogens is 4. The van der Waals surface area contributed by atoms with E-state index >= 15 is 0 Å². The molecule has 0 fully saturated rings. The van der Waals surface area contributed by atoms with Crippen molar-refractivity contribution in [2.45, 2.75) is 32.4 Å². The van der Waals surface area contributed by atoms with Crippen LogP contribution in [0.4, 0.5) is 23.2 Å². The average Bonchev–Trinajstić information content (AvgIpc) is 3.32. The number of amides is 1. The van der Waals surface area contributed by atoms with Crippen molar-refractivity contribution in [2.24, 2.45) is 0 Å². The maximum Gasteiger partial charge on any atom is 0.434 e. The van der Waals surface area contributed by atoms with Gasteiger partial charge in [0.05, 0.1) is 17.4 Å². The van der Waals surface area contributed by atoms with Crippen LogP contribution in [0.1, 0.15) is 42.7 Å². The normalized spacial score (nSPS) is 12.3. The highest BCUT2D eigenvalue weighted by Crippen LogP contribution is 2.34. The first-order chi connectivity index (χ1) is 14.9. The van der Waals surface area contributed by atoms with Crippen molar-refractivity contribution in [3.63, 3.8) is 0 Å². The maximum atomic E-state index is 13.8. The standard InChI is InChI=1S/C22H18F4N4O2/c1-21(2,3)20-29-16-10-13(6-9-17(16)32-20)28-19(31)15-11-27-30(18(15)22(24,25)26)14-7-4-12(23)5-8-14/h4-11H,1-3H3,(H,28,31). The highest BCUT2D eigenvalue weighted by molar-refractivity contribution is 6.05. The van der Waals surface area contributed by atoms with Crippen molar-refractivity contribution in [3.05, 3.63) is 71.6 Å². The molecule has 1 amide bonds. The van der Waals surface area contributed by atoms with Crippen LogP contribution >= 0.6 is 0 Å². The Morgan fingerprint density at radius 3 is 2.38 bits per heavy atom. The molecule has 0 bridgehead atoms. The van der Waals surface area contributed by atoms with Gasteiger partial charge in [0.1, 0.15) is 11.3 Å². The molecule has 0 radical (unpaired) electrons. The van der Waals surface area contributed by atoms with Crippen LogP contribution in [-0.2, 0) is 11.6 Å². The van der Waals surface area contributed by atoms with Crippen molar-refractivity contribution in [2.75, 3.05) is 5.32 Å². The number of hydrogen-bond donors (Lipinski definition) is 1. The second-order valence-corrected chi connectivity index (χ2v) is 8.20. The summed E-state index contributed by atoms with van der Waals surface area (Å²) in [4.78, 5) is 17.1. The fourth-order valence-electron chi connectivity index (χ4n) is 3.09.